The largest absolute Gasteiger partial charge is 0.480 e. The molecule has 1 atom stereocenters. The van der Waals surface area contributed by atoms with Crippen LogP contribution < -0.4 is 5.56 Å². The van der Waals surface area contributed by atoms with E-state index in [4.69, 9.17) is 0 Å². The Kier molecular flexibility index (Phi) is 4.51. The molecule has 1 aliphatic heterocycles. The summed E-state index contributed by atoms with van der Waals surface area (Å²) in [6.07, 6.45) is 3.88. The molecule has 0 bridgehead atoms. The second-order valence-corrected chi connectivity index (χ2v) is 8.01. The minimum atomic E-state index is -0.992. The number of aromatic nitrogens is 2. The Hall–Kier alpha value is -1.69. The van der Waals surface area contributed by atoms with E-state index in [9.17, 15) is 14.7 Å². The Balaban J connectivity index is 1.74. The van der Waals surface area contributed by atoms with Gasteiger partial charge in [-0.3, -0.25) is 4.79 Å². The molecule has 2 fully saturated rings. The van der Waals surface area contributed by atoms with Crippen molar-refractivity contribution >= 4 is 5.97 Å². The molecule has 6 nitrogen and oxygen atoms in total. The zero-order valence-electron chi connectivity index (χ0n) is 14.8. The smallest absolute Gasteiger partial charge is 0.328 e. The molecule has 1 spiro atoms. The van der Waals surface area contributed by atoms with E-state index in [-0.39, 0.29) is 11.5 Å². The minimum Gasteiger partial charge on any atom is -0.480 e. The molecule has 1 saturated carbocycles. The summed E-state index contributed by atoms with van der Waals surface area (Å²) < 4.78 is 1.19. The Bertz CT molecular complexity index is 683. The molecule has 2 aliphatic rings. The number of carboxylic acids is 1. The number of likely N-dealkylation sites (tertiary alicyclic amines) is 1. The topological polar surface area (TPSA) is 75.4 Å². The lowest BCUT2D eigenvalue weighted by atomic mass is 9.96. The first-order chi connectivity index (χ1) is 11.3. The van der Waals surface area contributed by atoms with Gasteiger partial charge in [0.15, 0.2) is 6.04 Å². The maximum Gasteiger partial charge on any atom is 0.328 e. The van der Waals surface area contributed by atoms with Crippen molar-refractivity contribution < 1.29 is 9.90 Å². The lowest BCUT2D eigenvalue weighted by Crippen LogP contribution is -2.49. The Labute approximate surface area is 142 Å². The van der Waals surface area contributed by atoms with Crippen LogP contribution in [0.2, 0.25) is 0 Å². The quantitative estimate of drug-likeness (QED) is 0.824. The second kappa shape index (κ2) is 6.31. The third kappa shape index (κ3) is 3.53. The Morgan fingerprint density at radius 2 is 2.04 bits per heavy atom. The molecular weight excluding hydrogens is 306 g/mol. The zero-order valence-corrected chi connectivity index (χ0v) is 14.8. The standard InChI is InChI=1S/C18H27N3O3/c1-12(2)8-15(17(23)24)21-16(22)13(3)9-14(19-21)4-7-20-10-18(11-20)5-6-18/h9,12,15H,4-8,10-11H2,1-3H3,(H,23,24)/t15-/m0/s1. The van der Waals surface area contributed by atoms with E-state index >= 15 is 0 Å². The first-order valence-corrected chi connectivity index (χ1v) is 8.84. The van der Waals surface area contributed by atoms with Gasteiger partial charge in [0.2, 0.25) is 0 Å². The van der Waals surface area contributed by atoms with Gasteiger partial charge < -0.3 is 10.0 Å². The molecule has 6 heteroatoms. The van der Waals surface area contributed by atoms with Gasteiger partial charge in [0, 0.05) is 31.6 Å². The molecule has 1 aliphatic carbocycles. The van der Waals surface area contributed by atoms with E-state index < -0.39 is 12.0 Å². The SMILES string of the molecule is Cc1cc(CCN2CC3(CC3)C2)nn([C@@H](CC(C)C)C(=O)O)c1=O. The van der Waals surface area contributed by atoms with Crippen LogP contribution in [-0.4, -0.2) is 45.4 Å². The van der Waals surface area contributed by atoms with Crippen molar-refractivity contribution in [3.8, 4) is 0 Å². The summed E-state index contributed by atoms with van der Waals surface area (Å²) in [5.74, 6) is -0.812. The molecule has 0 amide bonds. The highest BCUT2D eigenvalue weighted by molar-refractivity contribution is 5.71. The van der Waals surface area contributed by atoms with Gasteiger partial charge in [0.05, 0.1) is 5.69 Å². The third-order valence-electron chi connectivity index (χ3n) is 5.20. The summed E-state index contributed by atoms with van der Waals surface area (Å²) in [7, 11) is 0. The maximum absolute atomic E-state index is 12.4. The second-order valence-electron chi connectivity index (χ2n) is 8.01. The molecule has 0 radical (unpaired) electrons. The number of hydrogen-bond acceptors (Lipinski definition) is 4. The van der Waals surface area contributed by atoms with Gasteiger partial charge in [-0.25, -0.2) is 9.48 Å². The van der Waals surface area contributed by atoms with Crippen LogP contribution in [0.25, 0.3) is 0 Å². The van der Waals surface area contributed by atoms with E-state index in [1.54, 1.807) is 13.0 Å². The molecular formula is C18H27N3O3. The first-order valence-electron chi connectivity index (χ1n) is 8.84. The third-order valence-corrected chi connectivity index (χ3v) is 5.20. The van der Waals surface area contributed by atoms with Crippen LogP contribution in [0, 0.1) is 18.3 Å². The first kappa shape index (κ1) is 17.1. The van der Waals surface area contributed by atoms with Crippen molar-refractivity contribution in [3.63, 3.8) is 0 Å². The van der Waals surface area contributed by atoms with Gasteiger partial charge in [0.1, 0.15) is 0 Å². The summed E-state index contributed by atoms with van der Waals surface area (Å²) in [4.78, 5) is 26.4. The van der Waals surface area contributed by atoms with E-state index in [2.05, 4.69) is 10.00 Å². The zero-order chi connectivity index (χ0) is 17.5. The van der Waals surface area contributed by atoms with Gasteiger partial charge >= 0.3 is 5.97 Å². The predicted octanol–water partition coefficient (Wildman–Crippen LogP) is 1.86. The van der Waals surface area contributed by atoms with Crippen molar-refractivity contribution in [2.75, 3.05) is 19.6 Å². The van der Waals surface area contributed by atoms with Crippen LogP contribution in [0.4, 0.5) is 0 Å². The van der Waals surface area contributed by atoms with Crippen molar-refractivity contribution in [1.29, 1.82) is 0 Å². The van der Waals surface area contributed by atoms with Crippen LogP contribution >= 0.6 is 0 Å². The van der Waals surface area contributed by atoms with Crippen molar-refractivity contribution in [2.45, 2.75) is 52.5 Å². The minimum absolute atomic E-state index is 0.180. The molecule has 1 aromatic rings. The average molecular weight is 333 g/mol. The van der Waals surface area contributed by atoms with Crippen molar-refractivity contribution in [2.24, 2.45) is 11.3 Å². The van der Waals surface area contributed by atoms with Gasteiger partial charge in [-0.2, -0.15) is 5.10 Å². The normalized spacial score (nSPS) is 20.2. The number of carbonyl (C=O) groups is 1. The number of rotatable bonds is 7. The fourth-order valence-electron chi connectivity index (χ4n) is 3.62. The number of hydrogen-bond donors (Lipinski definition) is 1. The molecule has 0 unspecified atom stereocenters. The highest BCUT2D eigenvalue weighted by Gasteiger charge is 2.51. The fraction of sp³-hybridized carbons (Fsp3) is 0.722. The Morgan fingerprint density at radius 3 is 2.58 bits per heavy atom. The van der Waals surface area contributed by atoms with E-state index in [0.29, 0.717) is 17.4 Å². The molecule has 2 heterocycles. The summed E-state index contributed by atoms with van der Waals surface area (Å²) in [6.45, 7) is 8.92. The molecule has 1 N–H and O–H groups in total. The number of nitrogens with zero attached hydrogens (tertiary/aromatic N) is 3. The fourth-order valence-corrected chi connectivity index (χ4v) is 3.62. The van der Waals surface area contributed by atoms with Crippen LogP contribution in [0.15, 0.2) is 10.9 Å². The highest BCUT2D eigenvalue weighted by atomic mass is 16.4. The molecule has 132 valence electrons. The van der Waals surface area contributed by atoms with Crippen LogP contribution in [0.3, 0.4) is 0 Å². The monoisotopic (exact) mass is 333 g/mol. The summed E-state index contributed by atoms with van der Waals surface area (Å²) in [6, 6.07) is 0.912. The van der Waals surface area contributed by atoms with E-state index in [1.807, 2.05) is 13.8 Å². The average Bonchev–Trinajstić information content (AvgIpc) is 3.25. The van der Waals surface area contributed by atoms with Crippen molar-refractivity contribution in [1.82, 2.24) is 14.7 Å². The Morgan fingerprint density at radius 1 is 1.38 bits per heavy atom. The van der Waals surface area contributed by atoms with Crippen LogP contribution in [-0.2, 0) is 11.2 Å². The molecule has 0 aromatic carbocycles. The highest BCUT2D eigenvalue weighted by Crippen LogP contribution is 2.52. The molecule has 1 saturated heterocycles. The van der Waals surface area contributed by atoms with E-state index in [1.165, 1.54) is 30.6 Å². The summed E-state index contributed by atoms with van der Waals surface area (Å²) in [5, 5.41) is 13.9. The predicted molar refractivity (Wildman–Crippen MR) is 91.2 cm³/mol. The molecule has 1 aromatic heterocycles. The van der Waals surface area contributed by atoms with E-state index in [0.717, 1.165) is 18.7 Å². The van der Waals surface area contributed by atoms with Gasteiger partial charge in [-0.05, 0) is 43.6 Å². The molecule has 3 rings (SSSR count). The van der Waals surface area contributed by atoms with Gasteiger partial charge in [-0.15, -0.1) is 0 Å². The number of aliphatic carboxylic acids is 1. The lowest BCUT2D eigenvalue weighted by Gasteiger charge is -2.40. The maximum atomic E-state index is 12.4. The van der Waals surface area contributed by atoms with Gasteiger partial charge in [-0.1, -0.05) is 13.8 Å². The molecule has 24 heavy (non-hydrogen) atoms. The summed E-state index contributed by atoms with van der Waals surface area (Å²) in [5.41, 5.74) is 1.71. The van der Waals surface area contributed by atoms with Crippen LogP contribution in [0.5, 0.6) is 0 Å². The number of aryl methyl sites for hydroxylation is 1. The number of carboxylic acid groups (broad SMARTS) is 1. The van der Waals surface area contributed by atoms with Crippen molar-refractivity contribution in [3.05, 3.63) is 27.7 Å². The lowest BCUT2D eigenvalue weighted by molar-refractivity contribution is -0.141. The van der Waals surface area contributed by atoms with Gasteiger partial charge in [0.25, 0.3) is 5.56 Å². The summed E-state index contributed by atoms with van der Waals surface area (Å²) >= 11 is 0. The van der Waals surface area contributed by atoms with Crippen LogP contribution in [0.1, 0.15) is 50.4 Å².